The van der Waals surface area contributed by atoms with E-state index in [-0.39, 0.29) is 36.0 Å². The summed E-state index contributed by atoms with van der Waals surface area (Å²) in [5, 5.41) is 51.1. The zero-order valence-corrected chi connectivity index (χ0v) is 13.8. The number of ether oxygens (including phenoxy) is 1. The summed E-state index contributed by atoms with van der Waals surface area (Å²) < 4.78 is 5.73. The zero-order chi connectivity index (χ0) is 17.9. The maximum Gasteiger partial charge on any atom is 0.219 e. The van der Waals surface area contributed by atoms with Crippen molar-refractivity contribution >= 4 is 0 Å². The Morgan fingerprint density at radius 3 is 2.60 bits per heavy atom. The van der Waals surface area contributed by atoms with E-state index in [9.17, 15) is 25.5 Å². The van der Waals surface area contributed by atoms with Crippen LogP contribution in [0.25, 0.3) is 0 Å². The highest BCUT2D eigenvalue weighted by Gasteiger charge is 2.52. The smallest absolute Gasteiger partial charge is 0.219 e. The molecule has 5 N–H and O–H groups in total. The van der Waals surface area contributed by atoms with Gasteiger partial charge in [-0.1, -0.05) is 19.1 Å². The third-order valence-corrected chi connectivity index (χ3v) is 5.38. The molecule has 1 aliphatic heterocycles. The molecule has 0 aromatic heterocycles. The number of phenols is 3. The van der Waals surface area contributed by atoms with Crippen LogP contribution in [-0.2, 0) is 25.9 Å². The Morgan fingerprint density at radius 2 is 1.92 bits per heavy atom. The lowest BCUT2D eigenvalue weighted by Gasteiger charge is -2.37. The normalized spacial score (nSPS) is 23.6. The van der Waals surface area contributed by atoms with Gasteiger partial charge in [-0.3, -0.25) is 0 Å². The molecule has 2 atom stereocenters. The first kappa shape index (κ1) is 16.1. The molecule has 1 unspecified atom stereocenters. The number of benzene rings is 2. The molecule has 1 aliphatic carbocycles. The lowest BCUT2D eigenvalue weighted by atomic mass is 9.84. The Labute approximate surface area is 144 Å². The maximum atomic E-state index is 11.1. The van der Waals surface area contributed by atoms with Crippen molar-refractivity contribution in [2.45, 2.75) is 44.5 Å². The molecule has 0 spiro atoms. The molecule has 0 amide bonds. The number of aromatic hydroxyl groups is 3. The fourth-order valence-corrected chi connectivity index (χ4v) is 4.15. The number of aliphatic hydroxyl groups excluding tert-OH is 1. The van der Waals surface area contributed by atoms with Crippen molar-refractivity contribution in [1.82, 2.24) is 0 Å². The first-order chi connectivity index (χ1) is 11.9. The number of rotatable bonds is 2. The molecular weight excluding hydrogens is 324 g/mol. The van der Waals surface area contributed by atoms with Crippen molar-refractivity contribution in [2.75, 3.05) is 0 Å². The van der Waals surface area contributed by atoms with E-state index in [1.54, 1.807) is 6.07 Å². The largest absolute Gasteiger partial charge is 0.507 e. The van der Waals surface area contributed by atoms with Gasteiger partial charge in [-0.25, -0.2) is 0 Å². The second-order valence-corrected chi connectivity index (χ2v) is 6.75. The van der Waals surface area contributed by atoms with Crippen LogP contribution in [0.3, 0.4) is 0 Å². The molecule has 0 saturated carbocycles. The fourth-order valence-electron chi connectivity index (χ4n) is 4.15. The lowest BCUT2D eigenvalue weighted by molar-refractivity contribution is -0.156. The summed E-state index contributed by atoms with van der Waals surface area (Å²) in [6.07, 6.45) is 1.15. The van der Waals surface area contributed by atoms with Gasteiger partial charge in [0.25, 0.3) is 0 Å². The van der Waals surface area contributed by atoms with Crippen LogP contribution in [0.4, 0.5) is 0 Å². The van der Waals surface area contributed by atoms with Crippen molar-refractivity contribution < 1.29 is 30.3 Å². The van der Waals surface area contributed by atoms with Gasteiger partial charge in [0, 0.05) is 12.0 Å². The Bertz CT molecular complexity index is 875. The molecule has 4 rings (SSSR count). The van der Waals surface area contributed by atoms with Gasteiger partial charge < -0.3 is 30.3 Å². The van der Waals surface area contributed by atoms with Crippen LogP contribution in [-0.4, -0.2) is 31.3 Å². The molecule has 0 saturated heterocycles. The standard InChI is InChI=1S/C19H20O6/c1-2-9-5-11-7-19(24)13(15(11)12(8-20)16(9)22)6-10-3-4-14(21)17(23)18(10)25-19/h3-5,13,20-24H,2,6-8H2,1H3/t13?,19-/m0/s1. The van der Waals surface area contributed by atoms with E-state index < -0.39 is 11.7 Å². The third-order valence-electron chi connectivity index (χ3n) is 5.38. The SMILES string of the molecule is CCc1cc2c(c(CO)c1O)C1Cc3ccc(O)c(O)c3O[C@@]1(O)C2. The van der Waals surface area contributed by atoms with E-state index in [4.69, 9.17) is 4.74 Å². The van der Waals surface area contributed by atoms with E-state index in [2.05, 4.69) is 0 Å². The van der Waals surface area contributed by atoms with Crippen molar-refractivity contribution in [3.05, 3.63) is 46.0 Å². The second-order valence-electron chi connectivity index (χ2n) is 6.75. The molecule has 6 nitrogen and oxygen atoms in total. The van der Waals surface area contributed by atoms with Crippen LogP contribution >= 0.6 is 0 Å². The van der Waals surface area contributed by atoms with Crippen LogP contribution in [0, 0.1) is 0 Å². The number of hydrogen-bond donors (Lipinski definition) is 5. The number of phenolic OH excluding ortho intramolecular Hbond substituents is 2. The molecule has 0 radical (unpaired) electrons. The molecule has 2 aliphatic rings. The summed E-state index contributed by atoms with van der Waals surface area (Å²) in [7, 11) is 0. The van der Waals surface area contributed by atoms with Gasteiger partial charge in [-0.2, -0.15) is 0 Å². The number of aliphatic hydroxyl groups is 2. The van der Waals surface area contributed by atoms with Crippen LogP contribution in [0.1, 0.15) is 40.7 Å². The quantitative estimate of drug-likeness (QED) is 0.532. The molecule has 6 heteroatoms. The topological polar surface area (TPSA) is 110 Å². The van der Waals surface area contributed by atoms with Crippen molar-refractivity contribution in [2.24, 2.45) is 0 Å². The first-order valence-corrected chi connectivity index (χ1v) is 8.32. The van der Waals surface area contributed by atoms with Gasteiger partial charge in [0.2, 0.25) is 11.5 Å². The molecule has 1 heterocycles. The van der Waals surface area contributed by atoms with Gasteiger partial charge in [0.15, 0.2) is 11.5 Å². The monoisotopic (exact) mass is 344 g/mol. The minimum Gasteiger partial charge on any atom is -0.507 e. The van der Waals surface area contributed by atoms with Crippen LogP contribution in [0.2, 0.25) is 0 Å². The highest BCUT2D eigenvalue weighted by atomic mass is 16.6. The summed E-state index contributed by atoms with van der Waals surface area (Å²) in [6.45, 7) is 1.58. The molecule has 25 heavy (non-hydrogen) atoms. The van der Waals surface area contributed by atoms with E-state index in [1.807, 2.05) is 13.0 Å². The third kappa shape index (κ3) is 2.11. The molecule has 132 valence electrons. The number of aryl methyl sites for hydroxylation is 1. The van der Waals surface area contributed by atoms with E-state index >= 15 is 0 Å². The van der Waals surface area contributed by atoms with E-state index in [0.717, 1.165) is 5.56 Å². The minimum absolute atomic E-state index is 0.0624. The predicted octanol–water partition coefficient (Wildman–Crippen LogP) is 1.82. The minimum atomic E-state index is -1.59. The zero-order valence-electron chi connectivity index (χ0n) is 13.8. The van der Waals surface area contributed by atoms with Crippen LogP contribution in [0.5, 0.6) is 23.0 Å². The Hall–Kier alpha value is -2.44. The van der Waals surface area contributed by atoms with E-state index in [0.29, 0.717) is 35.1 Å². The van der Waals surface area contributed by atoms with Crippen LogP contribution in [0.15, 0.2) is 18.2 Å². The van der Waals surface area contributed by atoms with Crippen LogP contribution < -0.4 is 4.74 Å². The first-order valence-electron chi connectivity index (χ1n) is 8.32. The van der Waals surface area contributed by atoms with Gasteiger partial charge >= 0.3 is 0 Å². The summed E-state index contributed by atoms with van der Waals surface area (Å²) in [5.41, 5.74) is 3.31. The molecule has 0 bridgehead atoms. The molecule has 2 aromatic rings. The predicted molar refractivity (Wildman–Crippen MR) is 88.9 cm³/mol. The van der Waals surface area contributed by atoms with Crippen molar-refractivity contribution in [3.63, 3.8) is 0 Å². The number of fused-ring (bicyclic) bond motifs is 4. The Kier molecular flexibility index (Phi) is 3.39. The van der Waals surface area contributed by atoms with Crippen molar-refractivity contribution in [1.29, 1.82) is 0 Å². The number of hydrogen-bond acceptors (Lipinski definition) is 6. The average Bonchev–Trinajstić information content (AvgIpc) is 2.87. The van der Waals surface area contributed by atoms with E-state index in [1.165, 1.54) is 6.07 Å². The highest BCUT2D eigenvalue weighted by Crippen LogP contribution is 2.54. The highest BCUT2D eigenvalue weighted by molar-refractivity contribution is 5.60. The molecular formula is C19H20O6. The summed E-state index contributed by atoms with van der Waals surface area (Å²) in [5.74, 6) is -2.62. The Morgan fingerprint density at radius 1 is 1.16 bits per heavy atom. The summed E-state index contributed by atoms with van der Waals surface area (Å²) >= 11 is 0. The van der Waals surface area contributed by atoms with Crippen molar-refractivity contribution in [3.8, 4) is 23.0 Å². The molecule has 0 fully saturated rings. The summed E-state index contributed by atoms with van der Waals surface area (Å²) in [4.78, 5) is 0. The van der Waals surface area contributed by atoms with Gasteiger partial charge in [0.05, 0.1) is 12.5 Å². The summed E-state index contributed by atoms with van der Waals surface area (Å²) in [6, 6.07) is 4.86. The lowest BCUT2D eigenvalue weighted by Crippen LogP contribution is -2.44. The van der Waals surface area contributed by atoms with Gasteiger partial charge in [-0.15, -0.1) is 0 Å². The maximum absolute atomic E-state index is 11.1. The second kappa shape index (κ2) is 5.28. The molecule has 2 aromatic carbocycles. The fraction of sp³-hybridized carbons (Fsp3) is 0.368. The average molecular weight is 344 g/mol. The van der Waals surface area contributed by atoms with Gasteiger partial charge in [-0.05, 0) is 41.2 Å². The Balaban J connectivity index is 1.89. The van der Waals surface area contributed by atoms with Gasteiger partial charge in [0.1, 0.15) is 5.75 Å².